The van der Waals surface area contributed by atoms with E-state index in [1.54, 1.807) is 0 Å². The molecule has 1 amide bonds. The number of anilines is 2. The smallest absolute Gasteiger partial charge is 0.322 e. The summed E-state index contributed by atoms with van der Waals surface area (Å²) in [6, 6.07) is 0.103. The first-order valence-electron chi connectivity index (χ1n) is 4.96. The standard InChI is InChI=1S/C8H15N7O2/c1-3-10-5(16)4-11-6-12-7(15-9)14-8(13-6)17-2/h3-4,9H2,1-2H3,(H,10,16)(H2,11,12,13,14,15). The molecule has 0 fully saturated rings. The van der Waals surface area contributed by atoms with E-state index in [0.717, 1.165) is 0 Å². The molecule has 0 bridgehead atoms. The largest absolute Gasteiger partial charge is 0.467 e. The molecule has 1 aromatic heterocycles. The van der Waals surface area contributed by atoms with Gasteiger partial charge in [-0.15, -0.1) is 0 Å². The quantitative estimate of drug-likeness (QED) is 0.358. The second-order valence-electron chi connectivity index (χ2n) is 2.92. The number of hydrazine groups is 1. The van der Waals surface area contributed by atoms with Crippen molar-refractivity contribution in [2.75, 3.05) is 30.9 Å². The zero-order valence-electron chi connectivity index (χ0n) is 9.65. The molecule has 0 radical (unpaired) electrons. The van der Waals surface area contributed by atoms with Crippen molar-refractivity contribution in [2.24, 2.45) is 5.84 Å². The summed E-state index contributed by atoms with van der Waals surface area (Å²) in [5.74, 6) is 5.38. The fourth-order valence-electron chi connectivity index (χ4n) is 1.01. The molecule has 0 saturated heterocycles. The van der Waals surface area contributed by atoms with Gasteiger partial charge in [-0.1, -0.05) is 0 Å². The zero-order valence-corrected chi connectivity index (χ0v) is 9.65. The number of aromatic nitrogens is 3. The van der Waals surface area contributed by atoms with Crippen LogP contribution in [0.15, 0.2) is 0 Å². The highest BCUT2D eigenvalue weighted by atomic mass is 16.5. The van der Waals surface area contributed by atoms with Gasteiger partial charge in [-0.2, -0.15) is 15.0 Å². The number of hydrogen-bond donors (Lipinski definition) is 4. The summed E-state index contributed by atoms with van der Waals surface area (Å²) in [5, 5.41) is 5.36. The maximum Gasteiger partial charge on any atom is 0.322 e. The number of rotatable bonds is 6. The highest BCUT2D eigenvalue weighted by molar-refractivity contribution is 5.80. The number of nitrogens with one attached hydrogen (secondary N) is 3. The highest BCUT2D eigenvalue weighted by Crippen LogP contribution is 2.09. The molecule has 94 valence electrons. The number of nitrogens with zero attached hydrogens (tertiary/aromatic N) is 3. The fourth-order valence-corrected chi connectivity index (χ4v) is 1.01. The van der Waals surface area contributed by atoms with E-state index in [0.29, 0.717) is 6.54 Å². The maximum absolute atomic E-state index is 11.2. The van der Waals surface area contributed by atoms with E-state index >= 15 is 0 Å². The third-order valence-corrected chi connectivity index (χ3v) is 1.71. The molecule has 0 aliphatic carbocycles. The molecule has 0 spiro atoms. The molecule has 0 saturated carbocycles. The van der Waals surface area contributed by atoms with Gasteiger partial charge in [0.15, 0.2) is 0 Å². The Kier molecular flexibility index (Phi) is 4.88. The molecule has 9 nitrogen and oxygen atoms in total. The van der Waals surface area contributed by atoms with Crippen molar-refractivity contribution in [1.82, 2.24) is 20.3 Å². The Labute approximate surface area is 98.1 Å². The van der Waals surface area contributed by atoms with Crippen LogP contribution in [0.4, 0.5) is 11.9 Å². The predicted molar refractivity (Wildman–Crippen MR) is 61.4 cm³/mol. The molecule has 0 atom stereocenters. The Hall–Kier alpha value is -2.16. The van der Waals surface area contributed by atoms with Crippen LogP contribution in [-0.4, -0.2) is 41.1 Å². The summed E-state index contributed by atoms with van der Waals surface area (Å²) in [6.45, 7) is 2.46. The molecule has 1 aromatic rings. The van der Waals surface area contributed by atoms with E-state index in [4.69, 9.17) is 10.6 Å². The van der Waals surface area contributed by atoms with Gasteiger partial charge in [-0.05, 0) is 6.92 Å². The summed E-state index contributed by atoms with van der Waals surface area (Å²) < 4.78 is 4.85. The Balaban J connectivity index is 2.66. The predicted octanol–water partition coefficient (Wildman–Crippen LogP) is -1.29. The first-order chi connectivity index (χ1) is 8.19. The topological polar surface area (TPSA) is 127 Å². The minimum absolute atomic E-state index is 0.0605. The molecule has 5 N–H and O–H groups in total. The van der Waals surface area contributed by atoms with Crippen molar-refractivity contribution >= 4 is 17.8 Å². The number of amides is 1. The van der Waals surface area contributed by atoms with Gasteiger partial charge in [0.05, 0.1) is 13.7 Å². The highest BCUT2D eigenvalue weighted by Gasteiger charge is 2.06. The van der Waals surface area contributed by atoms with Gasteiger partial charge in [-0.3, -0.25) is 10.2 Å². The number of ether oxygens (including phenoxy) is 1. The lowest BCUT2D eigenvalue weighted by atomic mass is 10.5. The van der Waals surface area contributed by atoms with Gasteiger partial charge in [-0.25, -0.2) is 5.84 Å². The molecule has 0 aromatic carbocycles. The van der Waals surface area contributed by atoms with E-state index in [1.165, 1.54) is 7.11 Å². The van der Waals surface area contributed by atoms with Crippen molar-refractivity contribution in [2.45, 2.75) is 6.92 Å². The molecule has 0 unspecified atom stereocenters. The molecular formula is C8H15N7O2. The Morgan fingerprint density at radius 1 is 1.35 bits per heavy atom. The van der Waals surface area contributed by atoms with Crippen LogP contribution in [0.25, 0.3) is 0 Å². The van der Waals surface area contributed by atoms with Crippen molar-refractivity contribution in [1.29, 1.82) is 0 Å². The average Bonchev–Trinajstić information content (AvgIpc) is 2.36. The first kappa shape index (κ1) is 12.9. The normalized spacial score (nSPS) is 9.59. The van der Waals surface area contributed by atoms with Crippen molar-refractivity contribution in [3.05, 3.63) is 0 Å². The third-order valence-electron chi connectivity index (χ3n) is 1.71. The number of nitrogens with two attached hydrogens (primary N) is 1. The van der Waals surface area contributed by atoms with Crippen LogP contribution in [0.5, 0.6) is 6.01 Å². The van der Waals surface area contributed by atoms with Gasteiger partial charge >= 0.3 is 6.01 Å². The van der Waals surface area contributed by atoms with Crippen LogP contribution < -0.4 is 26.6 Å². The Morgan fingerprint density at radius 3 is 2.65 bits per heavy atom. The van der Waals surface area contributed by atoms with Crippen LogP contribution in [0, 0.1) is 0 Å². The number of carbonyl (C=O) groups is 1. The molecule has 1 rings (SSSR count). The van der Waals surface area contributed by atoms with Crippen molar-refractivity contribution in [3.8, 4) is 6.01 Å². The summed E-state index contributed by atoms with van der Waals surface area (Å²) in [7, 11) is 1.42. The third kappa shape index (κ3) is 4.07. The number of methoxy groups -OCH3 is 1. The summed E-state index contributed by atoms with van der Waals surface area (Å²) in [4.78, 5) is 22.8. The van der Waals surface area contributed by atoms with Crippen molar-refractivity contribution in [3.63, 3.8) is 0 Å². The van der Waals surface area contributed by atoms with E-state index in [1.807, 2.05) is 6.92 Å². The number of likely N-dealkylation sites (N-methyl/N-ethyl adjacent to an activating group) is 1. The SMILES string of the molecule is CCNC(=O)CNc1nc(NN)nc(OC)n1. The number of hydrogen-bond acceptors (Lipinski definition) is 8. The van der Waals surface area contributed by atoms with Crippen LogP contribution in [0.1, 0.15) is 6.92 Å². The monoisotopic (exact) mass is 241 g/mol. The van der Waals surface area contributed by atoms with Crippen LogP contribution >= 0.6 is 0 Å². The zero-order chi connectivity index (χ0) is 12.7. The lowest BCUT2D eigenvalue weighted by molar-refractivity contribution is -0.119. The van der Waals surface area contributed by atoms with Gasteiger partial charge in [0.1, 0.15) is 0 Å². The average molecular weight is 241 g/mol. The Bertz CT molecular complexity index is 362. The Morgan fingerprint density at radius 2 is 2.06 bits per heavy atom. The van der Waals surface area contributed by atoms with Crippen LogP contribution in [-0.2, 0) is 4.79 Å². The van der Waals surface area contributed by atoms with E-state index < -0.39 is 0 Å². The molecule has 9 heteroatoms. The summed E-state index contributed by atoms with van der Waals surface area (Å²) in [6.07, 6.45) is 0. The molecule has 0 aliphatic rings. The molecular weight excluding hydrogens is 226 g/mol. The molecule has 17 heavy (non-hydrogen) atoms. The lowest BCUT2D eigenvalue weighted by Crippen LogP contribution is -2.30. The molecule has 1 heterocycles. The van der Waals surface area contributed by atoms with E-state index in [2.05, 4.69) is 31.0 Å². The van der Waals surface area contributed by atoms with E-state index in [-0.39, 0.29) is 30.4 Å². The maximum atomic E-state index is 11.2. The minimum atomic E-state index is -0.158. The van der Waals surface area contributed by atoms with Gasteiger partial charge in [0.25, 0.3) is 0 Å². The van der Waals surface area contributed by atoms with Gasteiger partial charge in [0.2, 0.25) is 17.8 Å². The second-order valence-corrected chi connectivity index (χ2v) is 2.92. The number of carbonyl (C=O) groups excluding carboxylic acids is 1. The minimum Gasteiger partial charge on any atom is -0.467 e. The number of nitrogen functional groups attached to an aromatic ring is 1. The lowest BCUT2D eigenvalue weighted by Gasteiger charge is -2.07. The van der Waals surface area contributed by atoms with Gasteiger partial charge < -0.3 is 15.4 Å². The van der Waals surface area contributed by atoms with Gasteiger partial charge in [0, 0.05) is 6.54 Å². The summed E-state index contributed by atoms with van der Waals surface area (Å²) in [5.41, 5.74) is 2.27. The van der Waals surface area contributed by atoms with Crippen LogP contribution in [0.2, 0.25) is 0 Å². The fraction of sp³-hybridized carbons (Fsp3) is 0.500. The summed E-state index contributed by atoms with van der Waals surface area (Å²) >= 11 is 0. The molecule has 0 aliphatic heterocycles. The second kappa shape index (κ2) is 6.43. The van der Waals surface area contributed by atoms with Crippen LogP contribution in [0.3, 0.4) is 0 Å². The van der Waals surface area contributed by atoms with Crippen molar-refractivity contribution < 1.29 is 9.53 Å². The first-order valence-corrected chi connectivity index (χ1v) is 4.96. The van der Waals surface area contributed by atoms with E-state index in [9.17, 15) is 4.79 Å².